The molecule has 0 aromatic heterocycles. The average molecular weight is 276 g/mol. The van der Waals surface area contributed by atoms with E-state index in [1.165, 1.54) is 0 Å². The molecule has 0 spiro atoms. The fourth-order valence-electron chi connectivity index (χ4n) is 2.29. The minimum absolute atomic E-state index is 0.0927. The van der Waals surface area contributed by atoms with Gasteiger partial charge < -0.3 is 14.6 Å². The number of benzene rings is 1. The Kier molecular flexibility index (Phi) is 5.81. The first kappa shape index (κ1) is 14.8. The van der Waals surface area contributed by atoms with Gasteiger partial charge in [-0.3, -0.25) is 4.90 Å². The molecule has 0 aliphatic carbocycles. The lowest BCUT2D eigenvalue weighted by Gasteiger charge is -2.34. The monoisotopic (exact) mass is 276 g/mol. The van der Waals surface area contributed by atoms with E-state index in [9.17, 15) is 5.11 Å². The Bertz CT molecular complexity index is 459. The van der Waals surface area contributed by atoms with E-state index in [2.05, 4.69) is 11.0 Å². The molecular formula is C15H20N2O3. The number of rotatable bonds is 6. The van der Waals surface area contributed by atoms with Gasteiger partial charge in [-0.2, -0.15) is 5.26 Å². The molecule has 20 heavy (non-hydrogen) atoms. The summed E-state index contributed by atoms with van der Waals surface area (Å²) in [4.78, 5) is 2.23. The third kappa shape index (κ3) is 3.94. The van der Waals surface area contributed by atoms with Gasteiger partial charge in [0.25, 0.3) is 0 Å². The SMILES string of the molecule is N#Cc1ccccc1OCCCN1CCOCC1CO. The fourth-order valence-corrected chi connectivity index (χ4v) is 2.29. The Balaban J connectivity index is 1.75. The number of ether oxygens (including phenoxy) is 2. The van der Waals surface area contributed by atoms with Gasteiger partial charge in [0.2, 0.25) is 0 Å². The predicted octanol–water partition coefficient (Wildman–Crippen LogP) is 1.02. The van der Waals surface area contributed by atoms with Crippen molar-refractivity contribution in [1.29, 1.82) is 5.26 Å². The summed E-state index contributed by atoms with van der Waals surface area (Å²) in [7, 11) is 0. The van der Waals surface area contributed by atoms with Gasteiger partial charge in [0.15, 0.2) is 0 Å². The Labute approximate surface area is 119 Å². The van der Waals surface area contributed by atoms with Crippen molar-refractivity contribution in [2.24, 2.45) is 0 Å². The Morgan fingerprint density at radius 1 is 1.45 bits per heavy atom. The molecule has 1 fully saturated rings. The maximum atomic E-state index is 9.28. The Morgan fingerprint density at radius 3 is 3.10 bits per heavy atom. The summed E-state index contributed by atoms with van der Waals surface area (Å²) < 4.78 is 11.0. The van der Waals surface area contributed by atoms with Crippen molar-refractivity contribution < 1.29 is 14.6 Å². The van der Waals surface area contributed by atoms with Gasteiger partial charge >= 0.3 is 0 Å². The van der Waals surface area contributed by atoms with Crippen LogP contribution in [0.1, 0.15) is 12.0 Å². The molecule has 1 heterocycles. The van der Waals surface area contributed by atoms with Crippen LogP contribution < -0.4 is 4.74 Å². The van der Waals surface area contributed by atoms with Crippen LogP contribution in [0.3, 0.4) is 0 Å². The molecular weight excluding hydrogens is 256 g/mol. The summed E-state index contributed by atoms with van der Waals surface area (Å²) in [6.07, 6.45) is 0.857. The molecule has 1 N–H and O–H groups in total. The van der Waals surface area contributed by atoms with Gasteiger partial charge in [0.05, 0.1) is 38.0 Å². The van der Waals surface area contributed by atoms with Crippen LogP contribution in [-0.4, -0.2) is 55.6 Å². The van der Waals surface area contributed by atoms with Crippen LogP contribution in [0.5, 0.6) is 5.75 Å². The first-order chi connectivity index (χ1) is 9.85. The highest BCUT2D eigenvalue weighted by atomic mass is 16.5. The summed E-state index contributed by atoms with van der Waals surface area (Å²) in [5, 5.41) is 18.2. The second-order valence-electron chi connectivity index (χ2n) is 4.76. The van der Waals surface area contributed by atoms with E-state index < -0.39 is 0 Å². The van der Waals surface area contributed by atoms with Crippen molar-refractivity contribution in [2.75, 3.05) is 39.5 Å². The van der Waals surface area contributed by atoms with Crippen LogP contribution in [0.4, 0.5) is 0 Å². The number of nitrogens with zero attached hydrogens (tertiary/aromatic N) is 2. The van der Waals surface area contributed by atoms with Crippen LogP contribution >= 0.6 is 0 Å². The second kappa shape index (κ2) is 7.85. The highest BCUT2D eigenvalue weighted by Crippen LogP contribution is 2.16. The minimum Gasteiger partial charge on any atom is -0.492 e. The summed E-state index contributed by atoms with van der Waals surface area (Å²) in [5.41, 5.74) is 0.562. The summed E-state index contributed by atoms with van der Waals surface area (Å²) in [6, 6.07) is 9.45. The normalized spacial score (nSPS) is 19.5. The molecule has 108 valence electrons. The van der Waals surface area contributed by atoms with E-state index in [-0.39, 0.29) is 12.6 Å². The molecule has 1 atom stereocenters. The lowest BCUT2D eigenvalue weighted by Crippen LogP contribution is -2.47. The number of aliphatic hydroxyl groups excluding tert-OH is 1. The van der Waals surface area contributed by atoms with Gasteiger partial charge in [-0.05, 0) is 18.6 Å². The number of para-hydroxylation sites is 1. The largest absolute Gasteiger partial charge is 0.492 e. The molecule has 0 radical (unpaired) electrons. The average Bonchev–Trinajstić information content (AvgIpc) is 2.52. The highest BCUT2D eigenvalue weighted by molar-refractivity contribution is 5.42. The van der Waals surface area contributed by atoms with Gasteiger partial charge in [-0.25, -0.2) is 0 Å². The number of morpholine rings is 1. The number of hydrogen-bond acceptors (Lipinski definition) is 5. The maximum Gasteiger partial charge on any atom is 0.137 e. The van der Waals surface area contributed by atoms with E-state index in [4.69, 9.17) is 14.7 Å². The zero-order valence-electron chi connectivity index (χ0n) is 11.5. The van der Waals surface area contributed by atoms with Crippen LogP contribution in [-0.2, 0) is 4.74 Å². The first-order valence-corrected chi connectivity index (χ1v) is 6.89. The second-order valence-corrected chi connectivity index (χ2v) is 4.76. The van der Waals surface area contributed by atoms with Crippen molar-refractivity contribution >= 4 is 0 Å². The molecule has 1 aromatic carbocycles. The molecule has 1 saturated heterocycles. The van der Waals surface area contributed by atoms with Gasteiger partial charge in [-0.1, -0.05) is 12.1 Å². The van der Waals surface area contributed by atoms with E-state index in [0.717, 1.165) is 19.5 Å². The third-order valence-electron chi connectivity index (χ3n) is 3.41. The molecule has 1 aliphatic heterocycles. The molecule has 0 saturated carbocycles. The molecule has 1 aromatic rings. The summed E-state index contributed by atoms with van der Waals surface area (Å²) in [6.45, 7) is 3.71. The summed E-state index contributed by atoms with van der Waals surface area (Å²) in [5.74, 6) is 0.635. The number of nitriles is 1. The van der Waals surface area contributed by atoms with E-state index >= 15 is 0 Å². The topological polar surface area (TPSA) is 65.7 Å². The lowest BCUT2D eigenvalue weighted by atomic mass is 10.2. The van der Waals surface area contributed by atoms with E-state index in [0.29, 0.717) is 31.1 Å². The zero-order valence-corrected chi connectivity index (χ0v) is 11.5. The smallest absolute Gasteiger partial charge is 0.137 e. The van der Waals surface area contributed by atoms with Crippen molar-refractivity contribution in [2.45, 2.75) is 12.5 Å². The zero-order chi connectivity index (χ0) is 14.2. The predicted molar refractivity (Wildman–Crippen MR) is 74.5 cm³/mol. The molecule has 5 heteroatoms. The number of hydrogen-bond donors (Lipinski definition) is 1. The third-order valence-corrected chi connectivity index (χ3v) is 3.41. The molecule has 0 bridgehead atoms. The highest BCUT2D eigenvalue weighted by Gasteiger charge is 2.21. The Hall–Kier alpha value is -1.61. The van der Waals surface area contributed by atoms with Crippen molar-refractivity contribution in [3.05, 3.63) is 29.8 Å². The van der Waals surface area contributed by atoms with Crippen molar-refractivity contribution in [3.63, 3.8) is 0 Å². The number of aliphatic hydroxyl groups is 1. The standard InChI is InChI=1S/C15H20N2O3/c16-10-13-4-1-2-5-15(13)20-8-3-6-17-7-9-19-12-14(17)11-18/h1-2,4-5,14,18H,3,6-9,11-12H2. The lowest BCUT2D eigenvalue weighted by molar-refractivity contribution is -0.0287. The first-order valence-electron chi connectivity index (χ1n) is 6.89. The van der Waals surface area contributed by atoms with Gasteiger partial charge in [-0.15, -0.1) is 0 Å². The van der Waals surface area contributed by atoms with Crippen LogP contribution in [0.15, 0.2) is 24.3 Å². The molecule has 1 aliphatic rings. The van der Waals surface area contributed by atoms with Gasteiger partial charge in [0, 0.05) is 13.1 Å². The quantitative estimate of drug-likeness (QED) is 0.786. The molecule has 5 nitrogen and oxygen atoms in total. The van der Waals surface area contributed by atoms with Crippen molar-refractivity contribution in [3.8, 4) is 11.8 Å². The molecule has 2 rings (SSSR count). The van der Waals surface area contributed by atoms with Crippen molar-refractivity contribution in [1.82, 2.24) is 4.90 Å². The van der Waals surface area contributed by atoms with Crippen LogP contribution in [0, 0.1) is 11.3 Å². The Morgan fingerprint density at radius 2 is 2.30 bits per heavy atom. The van der Waals surface area contributed by atoms with Crippen LogP contribution in [0.25, 0.3) is 0 Å². The van der Waals surface area contributed by atoms with E-state index in [1.807, 2.05) is 18.2 Å². The molecule has 1 unspecified atom stereocenters. The fraction of sp³-hybridized carbons (Fsp3) is 0.533. The minimum atomic E-state index is 0.0927. The van der Waals surface area contributed by atoms with Crippen LogP contribution in [0.2, 0.25) is 0 Å². The summed E-state index contributed by atoms with van der Waals surface area (Å²) >= 11 is 0. The van der Waals surface area contributed by atoms with Gasteiger partial charge in [0.1, 0.15) is 11.8 Å². The molecule has 0 amide bonds. The maximum absolute atomic E-state index is 9.28. The van der Waals surface area contributed by atoms with E-state index in [1.54, 1.807) is 6.07 Å².